The zero-order valence-corrected chi connectivity index (χ0v) is 8.87. The van der Waals surface area contributed by atoms with Crippen molar-refractivity contribution in [2.75, 3.05) is 0 Å². The van der Waals surface area contributed by atoms with Gasteiger partial charge in [0, 0.05) is 6.04 Å². The number of hydrogen-bond donors (Lipinski definition) is 2. The van der Waals surface area contributed by atoms with Gasteiger partial charge in [-0.3, -0.25) is 4.79 Å². The fourth-order valence-electron chi connectivity index (χ4n) is 2.02. The number of rotatable bonds is 2. The molecule has 1 aromatic rings. The predicted molar refractivity (Wildman–Crippen MR) is 57.8 cm³/mol. The quantitative estimate of drug-likeness (QED) is 0.807. The van der Waals surface area contributed by atoms with Crippen LogP contribution in [0.3, 0.4) is 0 Å². The summed E-state index contributed by atoms with van der Waals surface area (Å²) in [5, 5.41) is 12.2. The maximum absolute atomic E-state index is 12.9. The summed E-state index contributed by atoms with van der Waals surface area (Å²) < 4.78 is 12.9. The molecule has 3 nitrogen and oxygen atoms in total. The Kier molecular flexibility index (Phi) is 3.08. The van der Waals surface area contributed by atoms with Gasteiger partial charge in [0.2, 0.25) is 0 Å². The van der Waals surface area contributed by atoms with Crippen molar-refractivity contribution in [3.05, 3.63) is 29.6 Å². The second kappa shape index (κ2) is 4.51. The molecular weight excluding hydrogens is 209 g/mol. The first-order valence-electron chi connectivity index (χ1n) is 5.46. The van der Waals surface area contributed by atoms with E-state index in [-0.39, 0.29) is 17.4 Å². The highest BCUT2D eigenvalue weighted by Crippen LogP contribution is 2.21. The van der Waals surface area contributed by atoms with E-state index in [1.54, 1.807) is 0 Å². The van der Waals surface area contributed by atoms with Crippen LogP contribution in [0.15, 0.2) is 18.2 Å². The molecule has 0 aliphatic heterocycles. The summed E-state index contributed by atoms with van der Waals surface area (Å²) >= 11 is 0. The summed E-state index contributed by atoms with van der Waals surface area (Å²) in [4.78, 5) is 11.7. The van der Waals surface area contributed by atoms with E-state index >= 15 is 0 Å². The van der Waals surface area contributed by atoms with Crippen molar-refractivity contribution in [1.29, 1.82) is 0 Å². The van der Waals surface area contributed by atoms with Crippen molar-refractivity contribution < 1.29 is 14.3 Å². The average molecular weight is 223 g/mol. The number of carbonyl (C=O) groups is 1. The Bertz CT molecular complexity index is 400. The molecule has 0 spiro atoms. The SMILES string of the molecule is O=C(NC1CCCC1)c1cc(F)ccc1O. The summed E-state index contributed by atoms with van der Waals surface area (Å²) in [6.45, 7) is 0. The molecule has 2 N–H and O–H groups in total. The van der Waals surface area contributed by atoms with Crippen LogP contribution in [0.1, 0.15) is 36.0 Å². The number of carbonyl (C=O) groups excluding carboxylic acids is 1. The van der Waals surface area contributed by atoms with Gasteiger partial charge in [-0.1, -0.05) is 12.8 Å². The molecule has 0 aromatic heterocycles. The molecule has 0 bridgehead atoms. The fraction of sp³-hybridized carbons (Fsp3) is 0.417. The molecule has 1 aliphatic carbocycles. The second-order valence-corrected chi connectivity index (χ2v) is 4.12. The highest BCUT2D eigenvalue weighted by molar-refractivity contribution is 5.96. The zero-order chi connectivity index (χ0) is 11.5. The number of hydrogen-bond acceptors (Lipinski definition) is 2. The molecular formula is C12H14FNO2. The third-order valence-corrected chi connectivity index (χ3v) is 2.89. The molecule has 0 radical (unpaired) electrons. The van der Waals surface area contributed by atoms with Crippen LogP contribution in [0.4, 0.5) is 4.39 Å². The van der Waals surface area contributed by atoms with E-state index in [4.69, 9.17) is 0 Å². The Morgan fingerprint density at radius 3 is 2.75 bits per heavy atom. The number of aromatic hydroxyl groups is 1. The molecule has 1 fully saturated rings. The topological polar surface area (TPSA) is 49.3 Å². The minimum absolute atomic E-state index is 0.00639. The van der Waals surface area contributed by atoms with Gasteiger partial charge in [0.15, 0.2) is 0 Å². The molecule has 2 rings (SSSR count). The Labute approximate surface area is 93.3 Å². The fourth-order valence-corrected chi connectivity index (χ4v) is 2.02. The van der Waals surface area contributed by atoms with Crippen molar-refractivity contribution in [3.8, 4) is 5.75 Å². The van der Waals surface area contributed by atoms with Gasteiger partial charge in [0.1, 0.15) is 11.6 Å². The number of phenolic OH excluding ortho intramolecular Hbond substituents is 1. The molecule has 1 aromatic carbocycles. The van der Waals surface area contributed by atoms with Crippen LogP contribution in [0.2, 0.25) is 0 Å². The van der Waals surface area contributed by atoms with Crippen LogP contribution in [0.25, 0.3) is 0 Å². The van der Waals surface area contributed by atoms with Crippen LogP contribution in [0, 0.1) is 5.82 Å². The largest absolute Gasteiger partial charge is 0.507 e. The molecule has 1 saturated carbocycles. The summed E-state index contributed by atoms with van der Waals surface area (Å²) in [5.74, 6) is -1.10. The molecule has 0 atom stereocenters. The van der Waals surface area contributed by atoms with E-state index in [1.165, 1.54) is 6.07 Å². The molecule has 0 unspecified atom stereocenters. The van der Waals surface area contributed by atoms with Crippen molar-refractivity contribution in [2.45, 2.75) is 31.7 Å². The summed E-state index contributed by atoms with van der Waals surface area (Å²) in [5.41, 5.74) is 0.00639. The van der Waals surface area contributed by atoms with Crippen molar-refractivity contribution in [3.63, 3.8) is 0 Å². The van der Waals surface area contributed by atoms with Gasteiger partial charge in [0.25, 0.3) is 5.91 Å². The Hall–Kier alpha value is -1.58. The van der Waals surface area contributed by atoms with Gasteiger partial charge in [-0.2, -0.15) is 0 Å². The van der Waals surface area contributed by atoms with Crippen LogP contribution < -0.4 is 5.32 Å². The third-order valence-electron chi connectivity index (χ3n) is 2.89. The Morgan fingerprint density at radius 2 is 2.06 bits per heavy atom. The van der Waals surface area contributed by atoms with Crippen molar-refractivity contribution in [1.82, 2.24) is 5.32 Å². The number of benzene rings is 1. The van der Waals surface area contributed by atoms with Gasteiger partial charge in [-0.15, -0.1) is 0 Å². The van der Waals surface area contributed by atoms with E-state index in [0.717, 1.165) is 37.8 Å². The van der Waals surface area contributed by atoms with Crippen LogP contribution >= 0.6 is 0 Å². The Morgan fingerprint density at radius 1 is 1.38 bits per heavy atom. The summed E-state index contributed by atoms with van der Waals surface area (Å²) in [7, 11) is 0. The lowest BCUT2D eigenvalue weighted by Gasteiger charge is -2.12. The third kappa shape index (κ3) is 2.32. The summed E-state index contributed by atoms with van der Waals surface area (Å²) in [6, 6.07) is 3.54. The van der Waals surface area contributed by atoms with Gasteiger partial charge in [-0.25, -0.2) is 4.39 Å². The van der Waals surface area contributed by atoms with Gasteiger partial charge >= 0.3 is 0 Å². The molecule has 1 amide bonds. The minimum atomic E-state index is -0.519. The van der Waals surface area contributed by atoms with E-state index in [2.05, 4.69) is 5.32 Å². The summed E-state index contributed by atoms with van der Waals surface area (Å²) in [6.07, 6.45) is 4.14. The lowest BCUT2D eigenvalue weighted by molar-refractivity contribution is 0.0934. The molecule has 0 saturated heterocycles. The first kappa shape index (κ1) is 10.9. The van der Waals surface area contributed by atoms with E-state index in [1.807, 2.05) is 0 Å². The first-order valence-corrected chi connectivity index (χ1v) is 5.46. The lowest BCUT2D eigenvalue weighted by Crippen LogP contribution is -2.32. The number of amides is 1. The second-order valence-electron chi connectivity index (χ2n) is 4.12. The molecule has 1 aliphatic rings. The maximum atomic E-state index is 12.9. The molecule has 4 heteroatoms. The van der Waals surface area contributed by atoms with Crippen molar-refractivity contribution >= 4 is 5.91 Å². The zero-order valence-electron chi connectivity index (χ0n) is 8.87. The monoisotopic (exact) mass is 223 g/mol. The van der Waals surface area contributed by atoms with Gasteiger partial charge < -0.3 is 10.4 Å². The highest BCUT2D eigenvalue weighted by atomic mass is 19.1. The smallest absolute Gasteiger partial charge is 0.255 e. The molecule has 86 valence electrons. The van der Waals surface area contributed by atoms with Crippen LogP contribution in [-0.2, 0) is 0 Å². The number of halogens is 1. The number of phenols is 1. The van der Waals surface area contributed by atoms with E-state index in [0.29, 0.717) is 0 Å². The lowest BCUT2D eigenvalue weighted by atomic mass is 10.1. The molecule has 0 heterocycles. The standard InChI is InChI=1S/C12H14FNO2/c13-8-5-6-11(15)10(7-8)12(16)14-9-3-1-2-4-9/h5-7,9,15H,1-4H2,(H,14,16). The number of nitrogens with one attached hydrogen (secondary N) is 1. The van der Waals surface area contributed by atoms with Gasteiger partial charge in [-0.05, 0) is 31.0 Å². The maximum Gasteiger partial charge on any atom is 0.255 e. The van der Waals surface area contributed by atoms with Crippen LogP contribution in [0.5, 0.6) is 5.75 Å². The van der Waals surface area contributed by atoms with Crippen LogP contribution in [-0.4, -0.2) is 17.1 Å². The van der Waals surface area contributed by atoms with Crippen molar-refractivity contribution in [2.24, 2.45) is 0 Å². The highest BCUT2D eigenvalue weighted by Gasteiger charge is 2.19. The minimum Gasteiger partial charge on any atom is -0.507 e. The van der Waals surface area contributed by atoms with E-state index < -0.39 is 11.7 Å². The molecule has 16 heavy (non-hydrogen) atoms. The predicted octanol–water partition coefficient (Wildman–Crippen LogP) is 2.20. The van der Waals surface area contributed by atoms with E-state index in [9.17, 15) is 14.3 Å². The normalized spacial score (nSPS) is 16.3. The Balaban J connectivity index is 2.10. The first-order chi connectivity index (χ1) is 7.66. The van der Waals surface area contributed by atoms with Gasteiger partial charge in [0.05, 0.1) is 5.56 Å². The average Bonchev–Trinajstić information content (AvgIpc) is 2.74.